The number of anilines is 1. The molecular weight excluding hydrogens is 626 g/mol. The lowest BCUT2D eigenvalue weighted by molar-refractivity contribution is -0.253. The Bertz CT molecular complexity index is 1190. The number of rotatable bonds is 26. The molecule has 3 atom stereocenters. The minimum Gasteiger partial charge on any atom is -0.392 e. The van der Waals surface area contributed by atoms with Gasteiger partial charge in [-0.1, -0.05) is 121 Å². The lowest BCUT2D eigenvalue weighted by Crippen LogP contribution is -2.40. The van der Waals surface area contributed by atoms with Crippen LogP contribution in [0.3, 0.4) is 0 Å². The molecule has 2 aromatic carbocycles. The second-order valence-electron chi connectivity index (χ2n) is 14.2. The van der Waals surface area contributed by atoms with Crippen molar-refractivity contribution in [3.05, 3.63) is 65.2 Å². The van der Waals surface area contributed by atoms with E-state index in [0.29, 0.717) is 13.0 Å². The highest BCUT2D eigenvalue weighted by Crippen LogP contribution is 2.39. The van der Waals surface area contributed by atoms with E-state index in [1.54, 1.807) is 0 Å². The Balaban J connectivity index is 1.68. The molecule has 0 spiro atoms. The van der Waals surface area contributed by atoms with Gasteiger partial charge in [0, 0.05) is 44.1 Å². The summed E-state index contributed by atoms with van der Waals surface area (Å²) in [7, 11) is 0. The van der Waals surface area contributed by atoms with E-state index >= 15 is 0 Å². The highest BCUT2D eigenvalue weighted by Gasteiger charge is 2.33. The standard InChI is InChI=1S/C42H67N3O5/c1-4-6-8-10-12-17-28-45(29-18-13-11-9-7-5-2)32-39-31-40(36-25-23-35(33-46)24-26-36)50-42(49-39)37-20-19-21-38(30-37)44-41(48)22-15-14-16-27-43-34(3)47/h19-21,23-26,30,39-40,42,46H,4-18,22,27-29,31-33H2,1-3H3,(H,43,47)(H,44,48)/t39-,40+,42+/m1/s1. The number of carbonyl (C=O) groups excluding carboxylic acids is 2. The van der Waals surface area contributed by atoms with Gasteiger partial charge in [-0.25, -0.2) is 0 Å². The quantitative estimate of drug-likeness (QED) is 0.0850. The van der Waals surface area contributed by atoms with E-state index < -0.39 is 6.29 Å². The maximum Gasteiger partial charge on any atom is 0.224 e. The smallest absolute Gasteiger partial charge is 0.224 e. The third-order valence-electron chi connectivity index (χ3n) is 9.63. The van der Waals surface area contributed by atoms with Gasteiger partial charge in [0.1, 0.15) is 0 Å². The van der Waals surface area contributed by atoms with Crippen LogP contribution in [0, 0.1) is 0 Å². The highest BCUT2D eigenvalue weighted by atomic mass is 16.7. The Morgan fingerprint density at radius 3 is 2.06 bits per heavy atom. The van der Waals surface area contributed by atoms with E-state index in [1.807, 2.05) is 36.4 Å². The van der Waals surface area contributed by atoms with Crippen molar-refractivity contribution in [1.29, 1.82) is 0 Å². The molecule has 0 aromatic heterocycles. The lowest BCUT2D eigenvalue weighted by Gasteiger charge is -2.38. The van der Waals surface area contributed by atoms with E-state index in [2.05, 4.69) is 41.5 Å². The van der Waals surface area contributed by atoms with Crippen LogP contribution in [0.5, 0.6) is 0 Å². The number of aliphatic hydroxyl groups excluding tert-OH is 1. The van der Waals surface area contributed by atoms with Gasteiger partial charge in [0.25, 0.3) is 0 Å². The summed E-state index contributed by atoms with van der Waals surface area (Å²) in [5.41, 5.74) is 3.59. The van der Waals surface area contributed by atoms with Crippen LogP contribution in [0.2, 0.25) is 0 Å². The van der Waals surface area contributed by atoms with Crippen LogP contribution >= 0.6 is 0 Å². The second kappa shape index (κ2) is 25.2. The topological polar surface area (TPSA) is 100 Å². The van der Waals surface area contributed by atoms with E-state index in [1.165, 1.54) is 84.0 Å². The second-order valence-corrected chi connectivity index (χ2v) is 14.2. The number of aliphatic hydroxyl groups is 1. The van der Waals surface area contributed by atoms with Crippen molar-refractivity contribution in [2.45, 2.75) is 155 Å². The molecule has 8 nitrogen and oxygen atoms in total. The third kappa shape index (κ3) is 17.0. The van der Waals surface area contributed by atoms with Gasteiger partial charge in [0.15, 0.2) is 6.29 Å². The highest BCUT2D eigenvalue weighted by molar-refractivity contribution is 5.90. The maximum atomic E-state index is 12.8. The number of carbonyl (C=O) groups is 2. The third-order valence-corrected chi connectivity index (χ3v) is 9.63. The number of nitrogens with one attached hydrogen (secondary N) is 2. The predicted octanol–water partition coefficient (Wildman–Crippen LogP) is 9.38. The van der Waals surface area contributed by atoms with Crippen LogP contribution in [0.1, 0.15) is 159 Å². The molecule has 3 N–H and O–H groups in total. The molecule has 280 valence electrons. The van der Waals surface area contributed by atoms with Gasteiger partial charge in [-0.2, -0.15) is 0 Å². The van der Waals surface area contributed by atoms with Crippen LogP contribution in [0.15, 0.2) is 48.5 Å². The fraction of sp³-hybridized carbons (Fsp3) is 0.667. The summed E-state index contributed by atoms with van der Waals surface area (Å²) >= 11 is 0. The average molecular weight is 694 g/mol. The molecule has 1 aliphatic rings. The first-order valence-corrected chi connectivity index (χ1v) is 19.8. The van der Waals surface area contributed by atoms with Crippen LogP contribution in [0.4, 0.5) is 5.69 Å². The van der Waals surface area contributed by atoms with Crippen LogP contribution < -0.4 is 10.6 Å². The van der Waals surface area contributed by atoms with Gasteiger partial charge < -0.3 is 30.1 Å². The zero-order valence-electron chi connectivity index (χ0n) is 31.4. The molecule has 2 aromatic rings. The monoisotopic (exact) mass is 694 g/mol. The van der Waals surface area contributed by atoms with Gasteiger partial charge in [-0.15, -0.1) is 0 Å². The van der Waals surface area contributed by atoms with E-state index in [0.717, 1.165) is 67.7 Å². The van der Waals surface area contributed by atoms with Crippen molar-refractivity contribution < 1.29 is 24.2 Å². The first-order valence-electron chi connectivity index (χ1n) is 19.8. The summed E-state index contributed by atoms with van der Waals surface area (Å²) in [6.07, 6.45) is 18.5. The van der Waals surface area contributed by atoms with E-state index in [9.17, 15) is 14.7 Å². The molecule has 1 aliphatic heterocycles. The van der Waals surface area contributed by atoms with Crippen molar-refractivity contribution >= 4 is 17.5 Å². The van der Waals surface area contributed by atoms with Crippen LogP contribution in [0.25, 0.3) is 0 Å². The number of benzene rings is 2. The number of hydrogen-bond acceptors (Lipinski definition) is 6. The van der Waals surface area contributed by atoms with Crippen LogP contribution in [-0.2, 0) is 25.7 Å². The molecule has 50 heavy (non-hydrogen) atoms. The number of ether oxygens (including phenoxy) is 2. The molecule has 1 saturated heterocycles. The minimum absolute atomic E-state index is 0.00723. The van der Waals surface area contributed by atoms with E-state index in [4.69, 9.17) is 9.47 Å². The number of hydrogen-bond donors (Lipinski definition) is 3. The molecule has 0 radical (unpaired) electrons. The molecule has 1 fully saturated rings. The molecule has 0 unspecified atom stereocenters. The minimum atomic E-state index is -0.563. The molecule has 0 saturated carbocycles. The Morgan fingerprint density at radius 1 is 0.780 bits per heavy atom. The summed E-state index contributed by atoms with van der Waals surface area (Å²) in [6, 6.07) is 15.9. The van der Waals surface area contributed by atoms with Gasteiger partial charge >= 0.3 is 0 Å². The molecule has 8 heteroatoms. The first kappa shape index (κ1) is 41.6. The van der Waals surface area contributed by atoms with Gasteiger partial charge in [-0.3, -0.25) is 9.59 Å². The first-order chi connectivity index (χ1) is 24.4. The number of amides is 2. The van der Waals surface area contributed by atoms with Gasteiger partial charge in [-0.05, 0) is 62.0 Å². The fourth-order valence-corrected chi connectivity index (χ4v) is 6.69. The summed E-state index contributed by atoms with van der Waals surface area (Å²) in [5.74, 6) is -0.0450. The Hall–Kier alpha value is -2.78. The SMILES string of the molecule is CCCCCCCCN(CCCCCCCC)C[C@H]1C[C@@H](c2ccc(CO)cc2)O[C@@H](c2cccc(NC(=O)CCCCCNC(C)=O)c2)O1. The number of nitrogens with zero attached hydrogens (tertiary/aromatic N) is 1. The van der Waals surface area contributed by atoms with Crippen molar-refractivity contribution in [1.82, 2.24) is 10.2 Å². The zero-order valence-corrected chi connectivity index (χ0v) is 31.4. The van der Waals surface area contributed by atoms with Crippen molar-refractivity contribution in [3.63, 3.8) is 0 Å². The summed E-state index contributed by atoms with van der Waals surface area (Å²) in [6.45, 7) is 9.77. The fourth-order valence-electron chi connectivity index (χ4n) is 6.69. The normalized spacial score (nSPS) is 17.6. The maximum absolute atomic E-state index is 12.8. The van der Waals surface area contributed by atoms with Crippen LogP contribution in [-0.4, -0.2) is 54.1 Å². The predicted molar refractivity (Wildman–Crippen MR) is 204 cm³/mol. The number of unbranched alkanes of at least 4 members (excludes halogenated alkanes) is 12. The lowest BCUT2D eigenvalue weighted by atomic mass is 9.99. The average Bonchev–Trinajstić information content (AvgIpc) is 3.12. The van der Waals surface area contributed by atoms with Crippen molar-refractivity contribution in [2.75, 3.05) is 31.5 Å². The van der Waals surface area contributed by atoms with Crippen molar-refractivity contribution in [3.8, 4) is 0 Å². The largest absolute Gasteiger partial charge is 0.392 e. The molecule has 0 bridgehead atoms. The molecule has 3 rings (SSSR count). The van der Waals surface area contributed by atoms with Gasteiger partial charge in [0.2, 0.25) is 11.8 Å². The van der Waals surface area contributed by atoms with Gasteiger partial charge in [0.05, 0.1) is 18.8 Å². The molecule has 0 aliphatic carbocycles. The Labute approximate surface area is 303 Å². The Kier molecular flexibility index (Phi) is 21.0. The summed E-state index contributed by atoms with van der Waals surface area (Å²) < 4.78 is 13.4. The molecular formula is C42H67N3O5. The summed E-state index contributed by atoms with van der Waals surface area (Å²) in [4.78, 5) is 26.4. The molecule has 2 amide bonds. The van der Waals surface area contributed by atoms with E-state index in [-0.39, 0.29) is 30.6 Å². The Morgan fingerprint density at radius 2 is 1.42 bits per heavy atom. The van der Waals surface area contributed by atoms with Crippen molar-refractivity contribution in [2.24, 2.45) is 0 Å². The summed E-state index contributed by atoms with van der Waals surface area (Å²) in [5, 5.41) is 15.5. The zero-order chi connectivity index (χ0) is 35.8. The molecule has 1 heterocycles.